The molecule has 0 saturated heterocycles. The van der Waals surface area contributed by atoms with Crippen molar-refractivity contribution in [2.24, 2.45) is 5.73 Å². The van der Waals surface area contributed by atoms with Crippen LogP contribution in [0, 0.1) is 11.8 Å². The van der Waals surface area contributed by atoms with E-state index in [0.29, 0.717) is 28.6 Å². The molecular weight excluding hydrogens is 308 g/mol. The highest BCUT2D eigenvalue weighted by Gasteiger charge is 2.11. The molecule has 108 valence electrons. The van der Waals surface area contributed by atoms with Crippen LogP contribution in [-0.2, 0) is 0 Å². The molecule has 1 aromatic carbocycles. The molecule has 0 spiro atoms. The molecule has 21 heavy (non-hydrogen) atoms. The Labute approximate surface area is 131 Å². The number of hydrogen-bond acceptors (Lipinski definition) is 4. The molecule has 0 unspecified atom stereocenters. The van der Waals surface area contributed by atoms with Gasteiger partial charge in [0.15, 0.2) is 0 Å². The number of halogens is 1. The van der Waals surface area contributed by atoms with Gasteiger partial charge in [0.25, 0.3) is 5.91 Å². The number of carbonyl (C=O) groups is 1. The number of amides is 1. The van der Waals surface area contributed by atoms with Gasteiger partial charge in [0.05, 0.1) is 29.8 Å². The number of ether oxygens (including phenoxy) is 1. The first-order chi connectivity index (χ1) is 10.1. The van der Waals surface area contributed by atoms with E-state index in [1.165, 1.54) is 18.4 Å². The Morgan fingerprint density at radius 1 is 1.48 bits per heavy atom. The topological polar surface area (TPSA) is 64.3 Å². The summed E-state index contributed by atoms with van der Waals surface area (Å²) in [5, 5.41) is 5.04. The molecule has 0 aliphatic rings. The predicted molar refractivity (Wildman–Crippen MR) is 86.2 cm³/mol. The predicted octanol–water partition coefficient (Wildman–Crippen LogP) is 2.97. The Bertz CT molecular complexity index is 716. The molecule has 4 nitrogen and oxygen atoms in total. The van der Waals surface area contributed by atoms with Gasteiger partial charge in [-0.2, -0.15) is 0 Å². The van der Waals surface area contributed by atoms with E-state index in [1.54, 1.807) is 29.6 Å². The molecule has 0 atom stereocenters. The average Bonchev–Trinajstić information content (AvgIpc) is 2.94. The van der Waals surface area contributed by atoms with Gasteiger partial charge in [-0.05, 0) is 24.3 Å². The van der Waals surface area contributed by atoms with Crippen LogP contribution in [0.25, 0.3) is 0 Å². The quantitative estimate of drug-likeness (QED) is 0.855. The zero-order valence-electron chi connectivity index (χ0n) is 11.3. The van der Waals surface area contributed by atoms with Gasteiger partial charge in [0.1, 0.15) is 5.75 Å². The largest absolute Gasteiger partial charge is 0.495 e. The zero-order valence-corrected chi connectivity index (χ0v) is 12.8. The summed E-state index contributed by atoms with van der Waals surface area (Å²) >= 11 is 7.32. The van der Waals surface area contributed by atoms with Crippen LogP contribution in [0.2, 0.25) is 5.02 Å². The van der Waals surface area contributed by atoms with Crippen molar-refractivity contribution in [3.8, 4) is 17.6 Å². The molecule has 3 N–H and O–H groups in total. The lowest BCUT2D eigenvalue weighted by Gasteiger charge is -2.09. The Morgan fingerprint density at radius 3 is 3.00 bits per heavy atom. The number of benzene rings is 1. The first kappa shape index (κ1) is 15.4. The Hall–Kier alpha value is -2.00. The summed E-state index contributed by atoms with van der Waals surface area (Å²) in [6.07, 6.45) is 0. The fourth-order valence-corrected chi connectivity index (χ4v) is 2.56. The SMILES string of the molecule is COc1ccc(Cl)cc1NC(=O)c1csc(C#CCN)c1. The summed E-state index contributed by atoms with van der Waals surface area (Å²) in [6, 6.07) is 6.75. The van der Waals surface area contributed by atoms with Crippen LogP contribution in [0.5, 0.6) is 5.75 Å². The summed E-state index contributed by atoms with van der Waals surface area (Å²) in [6.45, 7) is 0.291. The van der Waals surface area contributed by atoms with Crippen molar-refractivity contribution in [1.82, 2.24) is 0 Å². The summed E-state index contributed by atoms with van der Waals surface area (Å²) in [5.41, 5.74) is 6.37. The van der Waals surface area contributed by atoms with Gasteiger partial charge in [-0.1, -0.05) is 23.4 Å². The molecule has 6 heteroatoms. The zero-order chi connectivity index (χ0) is 15.2. The van der Waals surface area contributed by atoms with Gasteiger partial charge in [0, 0.05) is 10.4 Å². The highest BCUT2D eigenvalue weighted by molar-refractivity contribution is 7.10. The number of nitrogens with two attached hydrogens (primary N) is 1. The molecule has 0 aliphatic heterocycles. The van der Waals surface area contributed by atoms with E-state index < -0.39 is 0 Å². The van der Waals surface area contributed by atoms with Crippen LogP contribution in [-0.4, -0.2) is 19.6 Å². The summed E-state index contributed by atoms with van der Waals surface area (Å²) in [7, 11) is 1.53. The molecule has 0 aliphatic carbocycles. The lowest BCUT2D eigenvalue weighted by Crippen LogP contribution is -2.11. The second-order valence-corrected chi connectivity index (χ2v) is 5.35. The van der Waals surface area contributed by atoms with Gasteiger partial charge < -0.3 is 15.8 Å². The lowest BCUT2D eigenvalue weighted by atomic mass is 10.2. The first-order valence-electron chi connectivity index (χ1n) is 6.06. The number of carbonyl (C=O) groups excluding carboxylic acids is 1. The van der Waals surface area contributed by atoms with Crippen LogP contribution in [0.4, 0.5) is 5.69 Å². The normalized spacial score (nSPS) is 9.67. The molecule has 0 bridgehead atoms. The number of methoxy groups -OCH3 is 1. The van der Waals surface area contributed by atoms with Gasteiger partial charge >= 0.3 is 0 Å². The van der Waals surface area contributed by atoms with Crippen LogP contribution >= 0.6 is 22.9 Å². The average molecular weight is 321 g/mol. The number of nitrogens with one attached hydrogen (secondary N) is 1. The summed E-state index contributed by atoms with van der Waals surface area (Å²) in [4.78, 5) is 13.0. The van der Waals surface area contributed by atoms with E-state index in [2.05, 4.69) is 17.2 Å². The Balaban J connectivity index is 2.18. The number of thiophene rings is 1. The van der Waals surface area contributed by atoms with Gasteiger partial charge in [-0.3, -0.25) is 4.79 Å². The fourth-order valence-electron chi connectivity index (χ4n) is 1.63. The first-order valence-corrected chi connectivity index (χ1v) is 7.32. The molecule has 2 rings (SSSR count). The van der Waals surface area contributed by atoms with Crippen molar-refractivity contribution in [2.75, 3.05) is 19.0 Å². The second kappa shape index (κ2) is 7.14. The molecule has 1 heterocycles. The minimum atomic E-state index is -0.243. The van der Waals surface area contributed by atoms with Gasteiger partial charge in [-0.15, -0.1) is 11.3 Å². The monoisotopic (exact) mass is 320 g/mol. The molecular formula is C15H13ClN2O2S. The molecule has 2 aromatic rings. The third-order valence-electron chi connectivity index (χ3n) is 2.59. The minimum absolute atomic E-state index is 0.243. The van der Waals surface area contributed by atoms with E-state index in [0.717, 1.165) is 4.88 Å². The summed E-state index contributed by atoms with van der Waals surface area (Å²) < 4.78 is 5.19. The van der Waals surface area contributed by atoms with Crippen molar-refractivity contribution >= 4 is 34.5 Å². The standard InChI is InChI=1S/C15H13ClN2O2S/c1-20-14-5-4-11(16)8-13(14)18-15(19)10-7-12(21-9-10)3-2-6-17/h4-5,7-9H,6,17H2,1H3,(H,18,19). The maximum atomic E-state index is 12.2. The van der Waals surface area contributed by atoms with E-state index in [-0.39, 0.29) is 5.91 Å². The van der Waals surface area contributed by atoms with E-state index in [1.807, 2.05) is 0 Å². The third kappa shape index (κ3) is 3.99. The maximum absolute atomic E-state index is 12.2. The maximum Gasteiger partial charge on any atom is 0.256 e. The van der Waals surface area contributed by atoms with Crippen LogP contribution in [0.3, 0.4) is 0 Å². The van der Waals surface area contributed by atoms with Gasteiger partial charge in [0.2, 0.25) is 0 Å². The number of hydrogen-bond donors (Lipinski definition) is 2. The van der Waals surface area contributed by atoms with Crippen LogP contribution < -0.4 is 15.8 Å². The molecule has 0 fully saturated rings. The smallest absolute Gasteiger partial charge is 0.256 e. The van der Waals surface area contributed by atoms with Gasteiger partial charge in [-0.25, -0.2) is 0 Å². The van der Waals surface area contributed by atoms with Crippen molar-refractivity contribution < 1.29 is 9.53 Å². The van der Waals surface area contributed by atoms with Crippen molar-refractivity contribution in [1.29, 1.82) is 0 Å². The fraction of sp³-hybridized carbons (Fsp3) is 0.133. The van der Waals surface area contributed by atoms with Crippen molar-refractivity contribution in [3.05, 3.63) is 45.1 Å². The highest BCUT2D eigenvalue weighted by Crippen LogP contribution is 2.28. The second-order valence-electron chi connectivity index (χ2n) is 4.00. The lowest BCUT2D eigenvalue weighted by molar-refractivity contribution is 0.102. The number of rotatable bonds is 3. The minimum Gasteiger partial charge on any atom is -0.495 e. The molecule has 1 amide bonds. The molecule has 0 radical (unpaired) electrons. The van der Waals surface area contributed by atoms with E-state index >= 15 is 0 Å². The Morgan fingerprint density at radius 2 is 2.29 bits per heavy atom. The van der Waals surface area contributed by atoms with Crippen LogP contribution in [0.1, 0.15) is 15.2 Å². The molecule has 1 aromatic heterocycles. The Kier molecular flexibility index (Phi) is 5.23. The van der Waals surface area contributed by atoms with Crippen molar-refractivity contribution in [3.63, 3.8) is 0 Å². The van der Waals surface area contributed by atoms with Crippen molar-refractivity contribution in [2.45, 2.75) is 0 Å². The molecule has 0 saturated carbocycles. The van der Waals surface area contributed by atoms with E-state index in [4.69, 9.17) is 22.1 Å². The highest BCUT2D eigenvalue weighted by atomic mass is 35.5. The third-order valence-corrected chi connectivity index (χ3v) is 3.67. The summed E-state index contributed by atoms with van der Waals surface area (Å²) in [5.74, 6) is 5.95. The van der Waals surface area contributed by atoms with Crippen LogP contribution in [0.15, 0.2) is 29.6 Å². The number of anilines is 1. The van der Waals surface area contributed by atoms with E-state index in [9.17, 15) is 4.79 Å².